The lowest BCUT2D eigenvalue weighted by Gasteiger charge is -2.09. The Kier molecular flexibility index (Phi) is 7.88. The number of halogens is 4. The number of hydrogen-bond acceptors (Lipinski definition) is 3. The van der Waals surface area contributed by atoms with Crippen molar-refractivity contribution in [3.05, 3.63) is 93.8 Å². The smallest absolute Gasteiger partial charge is 0.485 e. The molecule has 4 aromatic rings. The van der Waals surface area contributed by atoms with E-state index in [0.29, 0.717) is 0 Å². The monoisotopic (exact) mass is 566 g/mol. The van der Waals surface area contributed by atoms with Crippen molar-refractivity contribution in [3.63, 3.8) is 0 Å². The Balaban J connectivity index is 0.000000371. The summed E-state index contributed by atoms with van der Waals surface area (Å²) in [5, 5.41) is 1.23. The van der Waals surface area contributed by atoms with Gasteiger partial charge in [-0.2, -0.15) is 17.7 Å². The largest absolute Gasteiger partial charge is 0.741 e. The van der Waals surface area contributed by atoms with E-state index in [9.17, 15) is 13.2 Å². The molecule has 184 valence electrons. The lowest BCUT2D eigenvalue weighted by Crippen LogP contribution is -2.32. The molecule has 0 aliphatic heterocycles. The molecule has 0 unspecified atom stereocenters. The number of hydrogen-bond donors (Lipinski definition) is 0. The van der Waals surface area contributed by atoms with Crippen LogP contribution >= 0.6 is 15.9 Å². The van der Waals surface area contributed by atoms with Crippen LogP contribution in [0.3, 0.4) is 0 Å². The zero-order valence-corrected chi connectivity index (χ0v) is 21.4. The third-order valence-electron chi connectivity index (χ3n) is 5.37. The van der Waals surface area contributed by atoms with Gasteiger partial charge in [0.15, 0.2) is 10.1 Å². The molecule has 0 aliphatic rings. The van der Waals surface area contributed by atoms with Crippen LogP contribution in [0.5, 0.6) is 0 Å². The van der Waals surface area contributed by atoms with Gasteiger partial charge in [0.1, 0.15) is 7.05 Å². The number of fused-ring (bicyclic) bond motifs is 1. The summed E-state index contributed by atoms with van der Waals surface area (Å²) in [5.74, 6) is 0. The first-order valence-electron chi connectivity index (χ1n) is 10.3. The van der Waals surface area contributed by atoms with E-state index in [4.69, 9.17) is 13.0 Å². The van der Waals surface area contributed by atoms with Gasteiger partial charge in [0.05, 0.1) is 0 Å². The Labute approximate surface area is 210 Å². The van der Waals surface area contributed by atoms with Crippen molar-refractivity contribution in [3.8, 4) is 5.69 Å². The van der Waals surface area contributed by atoms with Crippen LogP contribution in [0.4, 0.5) is 13.2 Å². The minimum Gasteiger partial charge on any atom is -0.741 e. The maximum Gasteiger partial charge on any atom is 0.485 e. The molecular formula is C25H22BrF3N2O3S. The van der Waals surface area contributed by atoms with Crippen LogP contribution in [-0.4, -0.2) is 23.0 Å². The number of aromatic nitrogens is 2. The molecule has 0 spiro atoms. The molecule has 2 aromatic carbocycles. The molecule has 0 amide bonds. The molecule has 5 nitrogen and oxygen atoms in total. The molecule has 0 fully saturated rings. The molecule has 4 rings (SSSR count). The second kappa shape index (κ2) is 10.3. The van der Waals surface area contributed by atoms with Crippen molar-refractivity contribution in [2.75, 3.05) is 0 Å². The quantitative estimate of drug-likeness (QED) is 0.172. The maximum atomic E-state index is 10.7. The van der Waals surface area contributed by atoms with Crippen LogP contribution in [0.15, 0.2) is 71.2 Å². The summed E-state index contributed by atoms with van der Waals surface area (Å²) in [6.07, 6.45) is 4.40. The van der Waals surface area contributed by atoms with E-state index in [-0.39, 0.29) is 0 Å². The van der Waals surface area contributed by atoms with E-state index in [1.54, 1.807) is 0 Å². The molecule has 0 N–H and O–H groups in total. The molecule has 0 aliphatic carbocycles. The van der Waals surface area contributed by atoms with Gasteiger partial charge in [-0.1, -0.05) is 34.1 Å². The highest BCUT2D eigenvalue weighted by atomic mass is 79.9. The molecule has 2 aromatic heterocycles. The fourth-order valence-corrected chi connectivity index (χ4v) is 4.04. The number of alkyl halides is 3. The minimum atomic E-state index is -6.09. The Morgan fingerprint density at radius 2 is 1.60 bits per heavy atom. The number of aryl methyl sites for hydroxylation is 2. The molecule has 0 atom stereocenters. The average Bonchev–Trinajstić information content (AvgIpc) is 3.06. The highest BCUT2D eigenvalue weighted by Crippen LogP contribution is 2.23. The summed E-state index contributed by atoms with van der Waals surface area (Å²) < 4.78 is 64.5. The molecule has 0 saturated carbocycles. The van der Waals surface area contributed by atoms with Gasteiger partial charge in [-0.25, -0.2) is 8.42 Å². The van der Waals surface area contributed by atoms with E-state index in [0.717, 1.165) is 4.47 Å². The van der Waals surface area contributed by atoms with Crippen molar-refractivity contribution in [1.29, 1.82) is 0 Å². The second-order valence-corrected chi connectivity index (χ2v) is 10.0. The van der Waals surface area contributed by atoms with Gasteiger partial charge in [0.25, 0.3) is 0 Å². The van der Waals surface area contributed by atoms with Gasteiger partial charge in [-0.15, -0.1) is 0 Å². The Morgan fingerprint density at radius 1 is 0.971 bits per heavy atom. The number of rotatable bonds is 3. The lowest BCUT2D eigenvalue weighted by molar-refractivity contribution is -0.646. The van der Waals surface area contributed by atoms with Crippen LogP contribution in [0, 0.1) is 13.8 Å². The minimum absolute atomic E-state index is 1.10. The highest BCUT2D eigenvalue weighted by molar-refractivity contribution is 9.10. The molecule has 35 heavy (non-hydrogen) atoms. The van der Waals surface area contributed by atoms with Gasteiger partial charge >= 0.3 is 5.51 Å². The van der Waals surface area contributed by atoms with Crippen LogP contribution in [0.1, 0.15) is 22.6 Å². The van der Waals surface area contributed by atoms with Gasteiger partial charge in [-0.3, -0.25) is 0 Å². The van der Waals surface area contributed by atoms with E-state index >= 15 is 0 Å². The van der Waals surface area contributed by atoms with Gasteiger partial charge in [-0.05, 0) is 61.9 Å². The second-order valence-electron chi connectivity index (χ2n) is 7.75. The van der Waals surface area contributed by atoms with Crippen LogP contribution in [0.2, 0.25) is 0 Å². The average molecular weight is 567 g/mol. The Hall–Kier alpha value is -2.95. The zero-order valence-electron chi connectivity index (χ0n) is 19.0. The van der Waals surface area contributed by atoms with Gasteiger partial charge < -0.3 is 9.12 Å². The van der Waals surface area contributed by atoms with E-state index in [2.05, 4.69) is 125 Å². The first kappa shape index (κ1) is 26.7. The van der Waals surface area contributed by atoms with E-state index < -0.39 is 15.6 Å². The molecule has 2 heterocycles. The van der Waals surface area contributed by atoms with Crippen LogP contribution < -0.4 is 4.57 Å². The summed E-state index contributed by atoms with van der Waals surface area (Å²) in [5.41, 5.74) is 1.69. The zero-order chi connectivity index (χ0) is 26.0. The molecule has 0 bridgehead atoms. The van der Waals surface area contributed by atoms with Crippen molar-refractivity contribution in [1.82, 2.24) is 4.57 Å². The first-order valence-corrected chi connectivity index (χ1v) is 12.5. The highest BCUT2D eigenvalue weighted by Gasteiger charge is 2.36. The van der Waals surface area contributed by atoms with Crippen LogP contribution in [0.25, 0.3) is 28.7 Å². The van der Waals surface area contributed by atoms with E-state index in [1.807, 2.05) is 0 Å². The van der Waals surface area contributed by atoms with Crippen molar-refractivity contribution < 1.29 is 30.7 Å². The SMILES string of the molecule is Cc1cc(/C=C/c2ccc3cc(Br)ccc3[n+]2C)c(C)n1-c1ccccc1.O=S(=O)([O-])C(F)(F)F. The molecule has 10 heteroatoms. The number of benzene rings is 2. The van der Waals surface area contributed by atoms with Gasteiger partial charge in [0.2, 0.25) is 11.2 Å². The van der Waals surface area contributed by atoms with Crippen LogP contribution in [-0.2, 0) is 17.2 Å². The summed E-state index contributed by atoms with van der Waals surface area (Å²) in [7, 11) is -3.98. The topological polar surface area (TPSA) is 66.0 Å². The lowest BCUT2D eigenvalue weighted by atomic mass is 10.1. The standard InChI is InChI=1S/C24H22BrN2.CHF3O3S/c1-17-15-19(18(2)27(17)23-7-5-4-6-8-23)9-12-22-13-10-20-16-21(25)11-14-24(20)26(22)3;2-1(3,4)8(5,6)7/h4-16H,1-3H3;(H,5,6,7)/q+1;/p-1. The molecular weight excluding hydrogens is 545 g/mol. The predicted molar refractivity (Wildman–Crippen MR) is 133 cm³/mol. The fourth-order valence-electron chi connectivity index (χ4n) is 3.66. The predicted octanol–water partition coefficient (Wildman–Crippen LogP) is 6.06. The molecule has 0 saturated heterocycles. The Morgan fingerprint density at radius 3 is 2.20 bits per heavy atom. The first-order chi connectivity index (χ1) is 16.3. The summed E-state index contributed by atoms with van der Waals surface area (Å²) in [6.45, 7) is 4.34. The maximum absolute atomic E-state index is 10.7. The normalized spacial score (nSPS) is 12.1. The van der Waals surface area contributed by atoms with Crippen molar-refractivity contribution in [2.45, 2.75) is 19.4 Å². The third kappa shape index (κ3) is 6.19. The van der Waals surface area contributed by atoms with Gasteiger partial charge in [0, 0.05) is 45.1 Å². The Bertz CT molecular complexity index is 1500. The summed E-state index contributed by atoms with van der Waals surface area (Å²) in [6, 6.07) is 23.5. The number of para-hydroxylation sites is 1. The van der Waals surface area contributed by atoms with E-state index in [1.165, 1.54) is 39.2 Å². The third-order valence-corrected chi connectivity index (χ3v) is 6.43. The summed E-state index contributed by atoms with van der Waals surface area (Å²) in [4.78, 5) is 0. The summed E-state index contributed by atoms with van der Waals surface area (Å²) >= 11 is 3.55. The molecule has 0 radical (unpaired) electrons. The fraction of sp³-hybridized carbons (Fsp3) is 0.160. The number of pyridine rings is 1. The number of nitrogens with zero attached hydrogens (tertiary/aromatic N) is 2. The van der Waals surface area contributed by atoms with Crippen molar-refractivity contribution >= 4 is 49.1 Å². The van der Waals surface area contributed by atoms with Crippen molar-refractivity contribution in [2.24, 2.45) is 7.05 Å².